The Morgan fingerprint density at radius 3 is 1.00 bits per heavy atom. The standard InChI is InChI=1S/C15H24O6/c1-7(13(16)17)10-4-11(8(2)14(18)19)6-12(5-10)9(3)15(20)21/h7-12H,4-6H2,1-3H3,(H,16,17)(H,18,19)(H,20,21). The van der Waals surface area contributed by atoms with E-state index in [4.69, 9.17) is 15.3 Å². The molecule has 6 nitrogen and oxygen atoms in total. The van der Waals surface area contributed by atoms with Crippen LogP contribution in [-0.4, -0.2) is 33.2 Å². The number of hydrogen-bond donors (Lipinski definition) is 3. The van der Waals surface area contributed by atoms with Crippen LogP contribution in [0.2, 0.25) is 0 Å². The van der Waals surface area contributed by atoms with Gasteiger partial charge in [0.05, 0.1) is 17.8 Å². The Labute approximate surface area is 124 Å². The lowest BCUT2D eigenvalue weighted by molar-refractivity contribution is -0.147. The van der Waals surface area contributed by atoms with Crippen LogP contribution in [0, 0.1) is 35.5 Å². The van der Waals surface area contributed by atoms with Crippen LogP contribution in [0.15, 0.2) is 0 Å². The van der Waals surface area contributed by atoms with Crippen molar-refractivity contribution in [1.29, 1.82) is 0 Å². The van der Waals surface area contributed by atoms with Gasteiger partial charge in [-0.05, 0) is 37.0 Å². The van der Waals surface area contributed by atoms with Crippen LogP contribution in [0.4, 0.5) is 0 Å². The number of aliphatic carboxylic acids is 3. The van der Waals surface area contributed by atoms with E-state index >= 15 is 0 Å². The Bertz CT molecular complexity index is 351. The Hall–Kier alpha value is -1.59. The van der Waals surface area contributed by atoms with E-state index in [9.17, 15) is 14.4 Å². The number of rotatable bonds is 6. The van der Waals surface area contributed by atoms with Gasteiger partial charge in [0.25, 0.3) is 0 Å². The van der Waals surface area contributed by atoms with Gasteiger partial charge >= 0.3 is 17.9 Å². The molecule has 0 aromatic carbocycles. The van der Waals surface area contributed by atoms with Gasteiger partial charge in [-0.15, -0.1) is 0 Å². The van der Waals surface area contributed by atoms with Crippen molar-refractivity contribution in [2.24, 2.45) is 35.5 Å². The molecule has 6 heteroatoms. The van der Waals surface area contributed by atoms with Crippen LogP contribution >= 0.6 is 0 Å². The highest BCUT2D eigenvalue weighted by atomic mass is 16.4. The molecule has 1 aliphatic rings. The van der Waals surface area contributed by atoms with Crippen molar-refractivity contribution in [2.45, 2.75) is 40.0 Å². The number of carboxylic acids is 3. The monoisotopic (exact) mass is 300 g/mol. The molecule has 0 radical (unpaired) electrons. The van der Waals surface area contributed by atoms with Crippen molar-refractivity contribution in [3.8, 4) is 0 Å². The third-order valence-corrected chi connectivity index (χ3v) is 5.11. The van der Waals surface area contributed by atoms with Gasteiger partial charge < -0.3 is 15.3 Å². The number of carboxylic acid groups (broad SMARTS) is 3. The molecule has 1 rings (SSSR count). The van der Waals surface area contributed by atoms with Crippen LogP contribution in [0.25, 0.3) is 0 Å². The van der Waals surface area contributed by atoms with E-state index in [1.54, 1.807) is 20.8 Å². The van der Waals surface area contributed by atoms with E-state index in [0.717, 1.165) is 0 Å². The SMILES string of the molecule is CC(C(=O)O)C1CC(C(C)C(=O)O)CC(C(C)C(=O)O)C1. The second kappa shape index (κ2) is 6.91. The normalized spacial score (nSPS) is 30.1. The summed E-state index contributed by atoms with van der Waals surface area (Å²) in [5.41, 5.74) is 0. The summed E-state index contributed by atoms with van der Waals surface area (Å²) >= 11 is 0. The Morgan fingerprint density at radius 1 is 0.667 bits per heavy atom. The summed E-state index contributed by atoms with van der Waals surface area (Å²) in [5, 5.41) is 27.5. The molecule has 0 aromatic heterocycles. The highest BCUT2D eigenvalue weighted by Crippen LogP contribution is 2.43. The van der Waals surface area contributed by atoms with Crippen molar-refractivity contribution in [3.05, 3.63) is 0 Å². The van der Waals surface area contributed by atoms with Gasteiger partial charge in [-0.2, -0.15) is 0 Å². The Kier molecular flexibility index (Phi) is 5.75. The van der Waals surface area contributed by atoms with Gasteiger partial charge in [-0.3, -0.25) is 14.4 Å². The molecular weight excluding hydrogens is 276 g/mol. The molecule has 0 saturated heterocycles. The molecule has 0 spiro atoms. The van der Waals surface area contributed by atoms with Gasteiger partial charge in [0.2, 0.25) is 0 Å². The number of carbonyl (C=O) groups is 3. The molecule has 3 N–H and O–H groups in total. The highest BCUT2D eigenvalue weighted by Gasteiger charge is 2.40. The summed E-state index contributed by atoms with van der Waals surface area (Å²) < 4.78 is 0. The predicted molar refractivity (Wildman–Crippen MR) is 74.7 cm³/mol. The lowest BCUT2D eigenvalue weighted by Gasteiger charge is -2.39. The zero-order chi connectivity index (χ0) is 16.3. The van der Waals surface area contributed by atoms with Gasteiger partial charge in [0, 0.05) is 0 Å². The fourth-order valence-corrected chi connectivity index (χ4v) is 3.28. The van der Waals surface area contributed by atoms with Gasteiger partial charge in [0.15, 0.2) is 0 Å². The summed E-state index contributed by atoms with van der Waals surface area (Å²) in [6.45, 7) is 4.84. The maximum atomic E-state index is 11.2. The second-order valence-electron chi connectivity index (χ2n) is 6.37. The predicted octanol–water partition coefficient (Wildman–Crippen LogP) is 2.18. The molecule has 0 aromatic rings. The van der Waals surface area contributed by atoms with Crippen LogP contribution < -0.4 is 0 Å². The molecule has 21 heavy (non-hydrogen) atoms. The first kappa shape index (κ1) is 17.5. The Morgan fingerprint density at radius 2 is 0.857 bits per heavy atom. The third-order valence-electron chi connectivity index (χ3n) is 5.11. The van der Waals surface area contributed by atoms with Crippen molar-refractivity contribution in [2.75, 3.05) is 0 Å². The average molecular weight is 300 g/mol. The van der Waals surface area contributed by atoms with Gasteiger partial charge in [0.1, 0.15) is 0 Å². The smallest absolute Gasteiger partial charge is 0.306 e. The second-order valence-corrected chi connectivity index (χ2v) is 6.37. The van der Waals surface area contributed by atoms with Crippen LogP contribution in [-0.2, 0) is 14.4 Å². The molecule has 0 amide bonds. The topological polar surface area (TPSA) is 112 Å². The molecule has 1 saturated carbocycles. The van der Waals surface area contributed by atoms with Crippen molar-refractivity contribution >= 4 is 17.9 Å². The number of hydrogen-bond acceptors (Lipinski definition) is 3. The fraction of sp³-hybridized carbons (Fsp3) is 0.800. The molecule has 1 aliphatic carbocycles. The zero-order valence-corrected chi connectivity index (χ0v) is 12.7. The van der Waals surface area contributed by atoms with Gasteiger partial charge in [-0.25, -0.2) is 0 Å². The molecule has 120 valence electrons. The summed E-state index contributed by atoms with van der Waals surface area (Å²) in [6, 6.07) is 0. The Balaban J connectivity index is 2.95. The van der Waals surface area contributed by atoms with Gasteiger partial charge in [-0.1, -0.05) is 20.8 Å². The minimum absolute atomic E-state index is 0.171. The lowest BCUT2D eigenvalue weighted by atomic mass is 9.65. The van der Waals surface area contributed by atoms with E-state index < -0.39 is 35.7 Å². The zero-order valence-electron chi connectivity index (χ0n) is 12.7. The van der Waals surface area contributed by atoms with E-state index in [2.05, 4.69) is 0 Å². The molecule has 0 heterocycles. The largest absolute Gasteiger partial charge is 0.481 e. The quantitative estimate of drug-likeness (QED) is 0.693. The fourth-order valence-electron chi connectivity index (χ4n) is 3.28. The minimum Gasteiger partial charge on any atom is -0.481 e. The highest BCUT2D eigenvalue weighted by molar-refractivity contribution is 5.71. The molecule has 3 unspecified atom stereocenters. The maximum absolute atomic E-state index is 11.2. The van der Waals surface area contributed by atoms with Crippen LogP contribution in [0.1, 0.15) is 40.0 Å². The van der Waals surface area contributed by atoms with Crippen molar-refractivity contribution < 1.29 is 29.7 Å². The van der Waals surface area contributed by atoms with Crippen LogP contribution in [0.5, 0.6) is 0 Å². The first-order valence-corrected chi connectivity index (χ1v) is 7.33. The van der Waals surface area contributed by atoms with Crippen molar-refractivity contribution in [3.63, 3.8) is 0 Å². The van der Waals surface area contributed by atoms with E-state index in [-0.39, 0.29) is 17.8 Å². The lowest BCUT2D eigenvalue weighted by Crippen LogP contribution is -2.38. The van der Waals surface area contributed by atoms with E-state index in [1.807, 2.05) is 0 Å². The minimum atomic E-state index is -0.912. The van der Waals surface area contributed by atoms with Crippen LogP contribution in [0.3, 0.4) is 0 Å². The summed E-state index contributed by atoms with van der Waals surface area (Å²) in [5.74, 6) is -5.01. The molecule has 0 aliphatic heterocycles. The molecule has 3 atom stereocenters. The average Bonchev–Trinajstić information content (AvgIpc) is 2.43. The molecule has 1 fully saturated rings. The first-order chi connectivity index (χ1) is 9.65. The summed E-state index contributed by atoms with van der Waals surface area (Å²) in [4.78, 5) is 33.6. The van der Waals surface area contributed by atoms with Crippen molar-refractivity contribution in [1.82, 2.24) is 0 Å². The third kappa shape index (κ3) is 4.19. The summed E-state index contributed by atoms with van der Waals surface area (Å²) in [7, 11) is 0. The molecular formula is C15H24O6. The summed E-state index contributed by atoms with van der Waals surface area (Å²) in [6.07, 6.45) is 1.59. The maximum Gasteiger partial charge on any atom is 0.306 e. The first-order valence-electron chi connectivity index (χ1n) is 7.33. The molecule has 0 bridgehead atoms. The van der Waals surface area contributed by atoms with E-state index in [0.29, 0.717) is 19.3 Å². The van der Waals surface area contributed by atoms with E-state index in [1.165, 1.54) is 0 Å².